The molecule has 52 heavy (non-hydrogen) atoms. The summed E-state index contributed by atoms with van der Waals surface area (Å²) >= 11 is 12.0. The lowest BCUT2D eigenvalue weighted by Gasteiger charge is -2.32. The van der Waals surface area contributed by atoms with Gasteiger partial charge in [-0.2, -0.15) is 0 Å². The first kappa shape index (κ1) is 40.8. The van der Waals surface area contributed by atoms with Gasteiger partial charge in [0.25, 0.3) is 0 Å². The zero-order valence-electron chi connectivity index (χ0n) is 29.6. The number of rotatable bonds is 17. The Morgan fingerprint density at radius 2 is 1.17 bits per heavy atom. The Morgan fingerprint density at radius 3 is 1.65 bits per heavy atom. The van der Waals surface area contributed by atoms with E-state index in [0.29, 0.717) is 37.4 Å². The van der Waals surface area contributed by atoms with Crippen molar-refractivity contribution >= 4 is 58.3 Å². The molecule has 2 amide bonds. The first-order chi connectivity index (χ1) is 24.9. The Labute approximate surface area is 314 Å². The van der Waals surface area contributed by atoms with Crippen molar-refractivity contribution in [2.45, 2.75) is 69.9 Å². The zero-order chi connectivity index (χ0) is 37.6. The molecule has 0 aromatic heterocycles. The number of nitrogens with two attached hydrogens (primary N) is 2. The normalized spacial score (nSPS) is 15.9. The van der Waals surface area contributed by atoms with Crippen molar-refractivity contribution in [2.75, 3.05) is 71.1 Å². The van der Waals surface area contributed by atoms with E-state index in [0.717, 1.165) is 71.1 Å². The Hall–Kier alpha value is -3.98. The fourth-order valence-electron chi connectivity index (χ4n) is 6.28. The Kier molecular flexibility index (Phi) is 15.9. The summed E-state index contributed by atoms with van der Waals surface area (Å²) in [6.45, 7) is 4.61. The highest BCUT2D eigenvalue weighted by Gasteiger charge is 2.23. The van der Waals surface area contributed by atoms with E-state index in [9.17, 15) is 24.3 Å². The van der Waals surface area contributed by atoms with Crippen LogP contribution in [0.5, 0.6) is 11.5 Å². The molecule has 2 heterocycles. The molecule has 2 saturated heterocycles. The number of phenols is 1. The highest BCUT2D eigenvalue weighted by Crippen LogP contribution is 2.30. The number of likely N-dealkylation sites (tertiary alicyclic amines) is 2. The van der Waals surface area contributed by atoms with Crippen LogP contribution in [0.25, 0.3) is 0 Å². The number of halogens is 2. The van der Waals surface area contributed by atoms with Crippen LogP contribution in [-0.2, 0) is 19.1 Å². The van der Waals surface area contributed by atoms with Gasteiger partial charge in [-0.3, -0.25) is 19.4 Å². The largest absolute Gasteiger partial charge is 0.507 e. The van der Waals surface area contributed by atoms with Gasteiger partial charge in [0.15, 0.2) is 0 Å². The van der Waals surface area contributed by atoms with Gasteiger partial charge in [-0.15, -0.1) is 0 Å². The van der Waals surface area contributed by atoms with Crippen LogP contribution in [0.4, 0.5) is 11.4 Å². The number of hydrogen-bond acceptors (Lipinski definition) is 12. The maximum atomic E-state index is 12.5. The number of aromatic hydroxyl groups is 1. The van der Waals surface area contributed by atoms with Gasteiger partial charge in [-0.05, 0) is 50.7 Å². The summed E-state index contributed by atoms with van der Waals surface area (Å²) in [5, 5.41) is 16.6. The number of piperidine rings is 2. The van der Waals surface area contributed by atoms with Gasteiger partial charge in [0.05, 0.1) is 28.5 Å². The minimum atomic E-state index is -0.668. The molecule has 0 saturated carbocycles. The molecule has 14 nitrogen and oxygen atoms in total. The molecule has 2 aromatic carbocycles. The number of hydrogen-bond donors (Lipinski definition) is 5. The fourth-order valence-corrected chi connectivity index (χ4v) is 6.61. The number of nitrogens with zero attached hydrogens (tertiary/aromatic N) is 2. The summed E-state index contributed by atoms with van der Waals surface area (Å²) in [5.74, 6) is -1.11. The molecule has 2 fully saturated rings. The van der Waals surface area contributed by atoms with Crippen molar-refractivity contribution in [1.29, 1.82) is 0 Å². The lowest BCUT2D eigenvalue weighted by molar-refractivity contribution is -0.122. The standard InChI is InChI=1S/C36H50Cl2N6O8/c1-50-32-22-30(40)28(38)20-26(32)36(49)52-18-16-44-13-9-24(10-14-44)42-34(47)6-4-2-3-5-33(46)41-23-7-11-43(12-8-23)15-17-51-35(48)25-19-27(37)29(39)21-31(25)45/h19-24,45H,2-18,39-40H2,1H3,(H,41,46)(H,42,47). The molecule has 2 aromatic rings. The number of carbonyl (C=O) groups excluding carboxylic acids is 4. The van der Waals surface area contributed by atoms with Gasteiger partial charge < -0.3 is 41.4 Å². The van der Waals surface area contributed by atoms with E-state index >= 15 is 0 Å². The predicted molar refractivity (Wildman–Crippen MR) is 199 cm³/mol. The van der Waals surface area contributed by atoms with E-state index in [2.05, 4.69) is 20.4 Å². The second-order valence-corrected chi connectivity index (χ2v) is 14.0. The lowest BCUT2D eigenvalue weighted by atomic mass is 10.0. The van der Waals surface area contributed by atoms with E-state index < -0.39 is 11.9 Å². The minimum Gasteiger partial charge on any atom is -0.507 e. The molecule has 286 valence electrons. The third-order valence-corrected chi connectivity index (χ3v) is 10.0. The van der Waals surface area contributed by atoms with E-state index in [-0.39, 0.29) is 69.7 Å². The average Bonchev–Trinajstić information content (AvgIpc) is 3.12. The van der Waals surface area contributed by atoms with Crippen LogP contribution in [0.1, 0.15) is 78.5 Å². The molecule has 0 atom stereocenters. The van der Waals surface area contributed by atoms with Crippen LogP contribution in [0.15, 0.2) is 24.3 Å². The maximum Gasteiger partial charge on any atom is 0.342 e. The smallest absolute Gasteiger partial charge is 0.342 e. The topological polar surface area (TPSA) is 199 Å². The van der Waals surface area contributed by atoms with Gasteiger partial charge in [0.1, 0.15) is 35.8 Å². The van der Waals surface area contributed by atoms with Crippen molar-refractivity contribution in [3.63, 3.8) is 0 Å². The summed E-state index contributed by atoms with van der Waals surface area (Å²) in [6, 6.07) is 5.67. The van der Waals surface area contributed by atoms with Crippen LogP contribution < -0.4 is 26.8 Å². The molecule has 0 bridgehead atoms. The molecule has 0 spiro atoms. The quantitative estimate of drug-likeness (QED) is 0.0883. The molecule has 2 aliphatic heterocycles. The van der Waals surface area contributed by atoms with Crippen LogP contribution >= 0.6 is 23.2 Å². The van der Waals surface area contributed by atoms with E-state index in [4.69, 9.17) is 48.9 Å². The van der Waals surface area contributed by atoms with Gasteiger partial charge in [0.2, 0.25) is 11.8 Å². The van der Waals surface area contributed by atoms with Crippen LogP contribution in [0.2, 0.25) is 10.0 Å². The predicted octanol–water partition coefficient (Wildman–Crippen LogP) is 4.00. The third kappa shape index (κ3) is 12.6. The molecule has 16 heteroatoms. The van der Waals surface area contributed by atoms with E-state index in [1.807, 2.05) is 0 Å². The van der Waals surface area contributed by atoms with Crippen molar-refractivity contribution in [1.82, 2.24) is 20.4 Å². The fraction of sp³-hybridized carbons (Fsp3) is 0.556. The Balaban J connectivity index is 0.987. The molecule has 0 aliphatic carbocycles. The first-order valence-electron chi connectivity index (χ1n) is 17.7. The van der Waals surface area contributed by atoms with Crippen molar-refractivity contribution in [3.8, 4) is 11.5 Å². The Bertz CT molecular complexity index is 1550. The third-order valence-electron chi connectivity index (χ3n) is 9.37. The van der Waals surface area contributed by atoms with E-state index in [1.165, 1.54) is 31.4 Å². The van der Waals surface area contributed by atoms with Gasteiger partial charge in [-0.1, -0.05) is 29.6 Å². The molecule has 4 rings (SSSR count). The highest BCUT2D eigenvalue weighted by molar-refractivity contribution is 6.34. The number of phenolic OH excluding ortho intramolecular Hbond substituents is 1. The summed E-state index contributed by atoms with van der Waals surface area (Å²) in [7, 11) is 1.45. The summed E-state index contributed by atoms with van der Waals surface area (Å²) in [4.78, 5) is 54.2. The number of anilines is 2. The first-order valence-corrected chi connectivity index (χ1v) is 18.5. The highest BCUT2D eigenvalue weighted by atomic mass is 35.5. The second-order valence-electron chi connectivity index (χ2n) is 13.2. The lowest BCUT2D eigenvalue weighted by Crippen LogP contribution is -2.45. The molecule has 7 N–H and O–H groups in total. The number of esters is 2. The average molecular weight is 766 g/mol. The number of amides is 2. The summed E-state index contributed by atoms with van der Waals surface area (Å²) in [5.41, 5.74) is 12.1. The Morgan fingerprint density at radius 1 is 0.731 bits per heavy atom. The number of carbonyl (C=O) groups is 4. The van der Waals surface area contributed by atoms with Gasteiger partial charge in [-0.25, -0.2) is 9.59 Å². The van der Waals surface area contributed by atoms with Crippen molar-refractivity contribution in [3.05, 3.63) is 45.4 Å². The van der Waals surface area contributed by atoms with E-state index in [1.54, 1.807) is 0 Å². The zero-order valence-corrected chi connectivity index (χ0v) is 31.1. The number of benzene rings is 2. The maximum absolute atomic E-state index is 12.5. The minimum absolute atomic E-state index is 0.0229. The van der Waals surface area contributed by atoms with Gasteiger partial charge in [0, 0.05) is 76.3 Å². The summed E-state index contributed by atoms with van der Waals surface area (Å²) < 4.78 is 16.0. The molecular formula is C36H50Cl2N6O8. The monoisotopic (exact) mass is 764 g/mol. The van der Waals surface area contributed by atoms with Gasteiger partial charge >= 0.3 is 11.9 Å². The second kappa shape index (κ2) is 20.3. The van der Waals surface area contributed by atoms with Crippen LogP contribution in [0.3, 0.4) is 0 Å². The number of nitrogens with one attached hydrogen (secondary N) is 2. The van der Waals surface area contributed by atoms with Crippen molar-refractivity contribution < 1.29 is 38.5 Å². The number of unbranched alkanes of at least 4 members (excludes halogenated alkanes) is 2. The van der Waals surface area contributed by atoms with Crippen LogP contribution in [-0.4, -0.2) is 110 Å². The summed E-state index contributed by atoms with van der Waals surface area (Å²) in [6.07, 6.45) is 6.34. The molecule has 0 radical (unpaired) electrons. The number of ether oxygens (including phenoxy) is 3. The van der Waals surface area contributed by atoms with Crippen molar-refractivity contribution in [2.24, 2.45) is 0 Å². The van der Waals surface area contributed by atoms with Crippen LogP contribution in [0, 0.1) is 0 Å². The molecule has 2 aliphatic rings. The number of methoxy groups -OCH3 is 1. The SMILES string of the molecule is COc1cc(N)c(Cl)cc1C(=O)OCCN1CCC(NC(=O)CCCCCC(=O)NC2CCN(CCOC(=O)c3cc(Cl)c(N)cc3O)CC2)CC1. The molecular weight excluding hydrogens is 715 g/mol. The number of nitrogen functional groups attached to an aromatic ring is 2. The molecule has 0 unspecified atom stereocenters.